The van der Waals surface area contributed by atoms with Gasteiger partial charge in [-0.15, -0.1) is 0 Å². The third-order valence-corrected chi connectivity index (χ3v) is 11.8. The molecule has 3 N–H and O–H groups in total. The number of carbonyl (C=O) groups is 5. The van der Waals surface area contributed by atoms with E-state index in [1.54, 1.807) is 20.4 Å². The first-order valence-electron chi connectivity index (χ1n) is 27.6. The molecule has 1 atom stereocenters. The molecule has 0 heterocycles. The fourth-order valence-electron chi connectivity index (χ4n) is 7.48. The van der Waals surface area contributed by atoms with Crippen LogP contribution in [0.4, 0.5) is 5.69 Å². The van der Waals surface area contributed by atoms with Gasteiger partial charge < -0.3 is 44.3 Å². The molecule has 2 aromatic carbocycles. The average molecular weight is 1150 g/mol. The number of carboxylic acid groups (broad SMARTS) is 1. The number of nitrogens with zero attached hydrogens (tertiary/aromatic N) is 4. The van der Waals surface area contributed by atoms with Gasteiger partial charge in [0.15, 0.2) is 0 Å². The first-order chi connectivity index (χ1) is 38.7. The van der Waals surface area contributed by atoms with Crippen LogP contribution in [0.2, 0.25) is 5.02 Å². The summed E-state index contributed by atoms with van der Waals surface area (Å²) < 4.78 is 22.2. The molecule has 0 bridgehead atoms. The largest absolute Gasteiger partial charge is 0.481 e. The van der Waals surface area contributed by atoms with E-state index in [0.717, 1.165) is 61.6 Å². The molecule has 0 saturated carbocycles. The van der Waals surface area contributed by atoms with E-state index in [1.165, 1.54) is 25.7 Å². The van der Waals surface area contributed by atoms with Crippen LogP contribution in [0, 0.1) is 6.92 Å². The number of benzene rings is 2. The number of aliphatic imine (C=N–C) groups is 2. The number of aryl methyl sites for hydroxylation is 1. The number of carbonyl (C=O) groups excluding carboxylic acids is 4. The standard InChI is InChI=1S/C52H71ClN6O7.C8H18O.C2H6.2CH2O/c1-13-14-42(29-37(8)43(33-54-12)31-50(62)63)46-20-19-45(30-38(46)9)56-48(60)21-23-64-25-27-66-28-26-65-24-22-55-49(61)32-47(40(11)59-58-36(6)7)57-52(41-15-17-44(53)18-16-41)51(35(4)5)39(10)34(2)3;1-4-6-8(9-3)7-5-2;3*1-2/h13-20,29-30,33,47H,21-28,31-32H2,1-12H3,(H,55,61)(H,56,60)(H,62,63);8H,4-7H2,1-3H3;1-2H3;2*1H2/b14-13-,42-29+,43-37+,54-33?,57-52?,59-40+;;;;/t47-;;;;/m0..../s1. The van der Waals surface area contributed by atoms with Crippen molar-refractivity contribution < 1.29 is 48.0 Å². The molecule has 81 heavy (non-hydrogen) atoms. The van der Waals surface area contributed by atoms with E-state index in [1.807, 2.05) is 130 Å². The van der Waals surface area contributed by atoms with E-state index in [0.29, 0.717) is 67.7 Å². The maximum absolute atomic E-state index is 13.3. The van der Waals surface area contributed by atoms with Crippen LogP contribution in [0.15, 0.2) is 114 Å². The third kappa shape index (κ3) is 35.9. The number of amides is 2. The predicted molar refractivity (Wildman–Crippen MR) is 339 cm³/mol. The van der Waals surface area contributed by atoms with Crippen LogP contribution in [-0.2, 0) is 42.9 Å². The average Bonchev–Trinajstić information content (AvgIpc) is 3.44. The molecule has 0 radical (unpaired) electrons. The zero-order valence-corrected chi connectivity index (χ0v) is 52.9. The first kappa shape index (κ1) is 78.9. The molecule has 17 heteroatoms. The van der Waals surface area contributed by atoms with Crippen molar-refractivity contribution >= 4 is 77.6 Å². The maximum atomic E-state index is 13.3. The minimum absolute atomic E-state index is 0.0660. The lowest BCUT2D eigenvalue weighted by Gasteiger charge is -2.20. The zero-order valence-electron chi connectivity index (χ0n) is 52.1. The van der Waals surface area contributed by atoms with Gasteiger partial charge in [0, 0.05) is 54.5 Å². The number of carboxylic acids is 1. The molecule has 0 aliphatic heterocycles. The second-order valence-corrected chi connectivity index (χ2v) is 19.1. The number of ether oxygens (including phenoxy) is 4. The molecule has 0 spiro atoms. The van der Waals surface area contributed by atoms with Gasteiger partial charge in [0.05, 0.1) is 82.5 Å². The Morgan fingerprint density at radius 1 is 0.778 bits per heavy atom. The highest BCUT2D eigenvalue weighted by atomic mass is 35.5. The van der Waals surface area contributed by atoms with Crippen molar-refractivity contribution in [2.75, 3.05) is 65.7 Å². The van der Waals surface area contributed by atoms with Crippen molar-refractivity contribution in [2.24, 2.45) is 20.2 Å². The van der Waals surface area contributed by atoms with E-state index in [4.69, 9.17) is 45.1 Å². The second kappa shape index (κ2) is 49.5. The summed E-state index contributed by atoms with van der Waals surface area (Å²) in [6, 6.07) is 12.7. The van der Waals surface area contributed by atoms with Gasteiger partial charge in [-0.05, 0) is 147 Å². The molecule has 2 rings (SSSR count). The third-order valence-electron chi connectivity index (χ3n) is 11.5. The lowest BCUT2D eigenvalue weighted by molar-refractivity contribution is -0.136. The summed E-state index contributed by atoms with van der Waals surface area (Å²) in [5.74, 6) is -1.29. The van der Waals surface area contributed by atoms with Gasteiger partial charge in [-0.2, -0.15) is 10.2 Å². The number of anilines is 1. The summed E-state index contributed by atoms with van der Waals surface area (Å²) >= 11 is 6.26. The zero-order chi connectivity index (χ0) is 62.3. The SMILES string of the molecule is C=O.C=O.CC.CCCC(CCC)OC.C\C=C/C(=C\C(C)=C(\C=NC)CC(=O)O)c1ccc(NC(=O)CCOCCOCCOCCNC(=O)C[C@H](N=C(C(=C(C)C)C(C)=C(C)C)c2ccc(Cl)cc2)/C(C)=N/N=C(C)C)cc1C. The molecule has 0 fully saturated rings. The Kier molecular flexibility index (Phi) is 48.2. The number of nitrogens with one attached hydrogen (secondary N) is 2. The summed E-state index contributed by atoms with van der Waals surface area (Å²) in [4.78, 5) is 62.6. The van der Waals surface area contributed by atoms with Crippen molar-refractivity contribution in [1.82, 2.24) is 5.32 Å². The van der Waals surface area contributed by atoms with Crippen LogP contribution in [0.25, 0.3) is 5.57 Å². The van der Waals surface area contributed by atoms with Crippen LogP contribution in [-0.4, -0.2) is 132 Å². The highest BCUT2D eigenvalue weighted by molar-refractivity contribution is 6.30. The van der Waals surface area contributed by atoms with E-state index in [9.17, 15) is 19.5 Å². The molecule has 2 amide bonds. The number of hydrogen-bond donors (Lipinski definition) is 3. The molecule has 0 aliphatic rings. The lowest BCUT2D eigenvalue weighted by Crippen LogP contribution is -2.33. The number of rotatable bonds is 32. The van der Waals surface area contributed by atoms with Gasteiger partial charge in [-0.3, -0.25) is 24.4 Å². The van der Waals surface area contributed by atoms with Crippen LogP contribution >= 0.6 is 11.6 Å². The highest BCUT2D eigenvalue weighted by Crippen LogP contribution is 2.28. The second-order valence-electron chi connectivity index (χ2n) is 18.7. The van der Waals surface area contributed by atoms with Gasteiger partial charge in [-0.1, -0.05) is 99.7 Å². The van der Waals surface area contributed by atoms with Gasteiger partial charge >= 0.3 is 5.97 Å². The van der Waals surface area contributed by atoms with Crippen molar-refractivity contribution in [2.45, 2.75) is 161 Å². The van der Waals surface area contributed by atoms with Crippen molar-refractivity contribution in [1.29, 1.82) is 0 Å². The van der Waals surface area contributed by atoms with Gasteiger partial charge in [-0.25, -0.2) is 0 Å². The molecular weight excluding hydrogens is 1050 g/mol. The highest BCUT2D eigenvalue weighted by Gasteiger charge is 2.22. The summed E-state index contributed by atoms with van der Waals surface area (Å²) in [5, 5.41) is 24.5. The molecule has 0 unspecified atom stereocenters. The van der Waals surface area contributed by atoms with Crippen molar-refractivity contribution in [3.8, 4) is 0 Å². The Hall–Kier alpha value is -6.30. The number of aliphatic carboxylic acids is 1. The maximum Gasteiger partial charge on any atom is 0.307 e. The first-order valence-corrected chi connectivity index (χ1v) is 28.0. The van der Waals surface area contributed by atoms with Crippen LogP contribution in [0.3, 0.4) is 0 Å². The molecule has 0 aliphatic carbocycles. The summed E-state index contributed by atoms with van der Waals surface area (Å²) in [7, 11) is 3.41. The minimum atomic E-state index is -0.923. The number of allylic oxidation sites excluding steroid dienone is 9. The van der Waals surface area contributed by atoms with E-state index in [2.05, 4.69) is 74.3 Å². The van der Waals surface area contributed by atoms with Crippen molar-refractivity contribution in [3.05, 3.63) is 116 Å². The Labute approximate surface area is 491 Å². The van der Waals surface area contributed by atoms with E-state index < -0.39 is 12.0 Å². The lowest BCUT2D eigenvalue weighted by atomic mass is 9.90. The predicted octanol–water partition coefficient (Wildman–Crippen LogP) is 13.6. The fourth-order valence-corrected chi connectivity index (χ4v) is 7.60. The topological polar surface area (TPSA) is 216 Å². The normalized spacial score (nSPS) is 12.0. The molecule has 0 saturated heterocycles. The minimum Gasteiger partial charge on any atom is -0.481 e. The Morgan fingerprint density at radius 3 is 1.83 bits per heavy atom. The molecule has 2 aromatic rings. The number of halogens is 1. The summed E-state index contributed by atoms with van der Waals surface area (Å²) in [6.07, 6.45) is 12.9. The molecular formula is C64H99ClN6O10. The fraction of sp³-hybridized carbons (Fsp3) is 0.516. The van der Waals surface area contributed by atoms with Crippen LogP contribution in [0.1, 0.15) is 159 Å². The van der Waals surface area contributed by atoms with Crippen molar-refractivity contribution in [3.63, 3.8) is 0 Å². The summed E-state index contributed by atoms with van der Waals surface area (Å²) in [5.41, 5.74) is 12.3. The van der Waals surface area contributed by atoms with Gasteiger partial charge in [0.1, 0.15) is 13.6 Å². The molecule has 16 nitrogen and oxygen atoms in total. The van der Waals surface area contributed by atoms with Gasteiger partial charge in [0.25, 0.3) is 0 Å². The Bertz CT molecular complexity index is 2420. The molecule has 452 valence electrons. The number of methoxy groups -OCH3 is 1. The van der Waals surface area contributed by atoms with Crippen LogP contribution < -0.4 is 10.6 Å². The quantitative estimate of drug-likeness (QED) is 0.0272. The monoisotopic (exact) mass is 1150 g/mol. The Balaban J connectivity index is -0.00000360. The summed E-state index contributed by atoms with van der Waals surface area (Å²) in [6.45, 7) is 36.3. The van der Waals surface area contributed by atoms with Gasteiger partial charge in [0.2, 0.25) is 11.8 Å². The van der Waals surface area contributed by atoms with E-state index >= 15 is 0 Å². The van der Waals surface area contributed by atoms with E-state index in [-0.39, 0.29) is 37.7 Å². The number of hydrogen-bond acceptors (Lipinski definition) is 13. The smallest absolute Gasteiger partial charge is 0.307 e. The molecule has 0 aromatic heterocycles. The van der Waals surface area contributed by atoms with Crippen LogP contribution in [0.5, 0.6) is 0 Å². The Morgan fingerprint density at radius 2 is 1.35 bits per heavy atom.